The first-order valence-corrected chi connectivity index (χ1v) is 8.44. The molecule has 1 aromatic heterocycles. The lowest BCUT2D eigenvalue weighted by Crippen LogP contribution is -2.39. The van der Waals surface area contributed by atoms with Crippen LogP contribution in [0.1, 0.15) is 23.3 Å². The zero-order valence-corrected chi connectivity index (χ0v) is 14.1. The summed E-state index contributed by atoms with van der Waals surface area (Å²) in [6.45, 7) is 1.14. The number of aromatic nitrogens is 2. The molecule has 1 amide bonds. The quantitative estimate of drug-likeness (QED) is 0.731. The number of carbonyl (C=O) groups is 2. The molecule has 1 atom stereocenters. The predicted molar refractivity (Wildman–Crippen MR) is 91.0 cm³/mol. The summed E-state index contributed by atoms with van der Waals surface area (Å²) in [7, 11) is 0. The molecule has 3 N–H and O–H groups in total. The van der Waals surface area contributed by atoms with E-state index < -0.39 is 17.8 Å². The lowest BCUT2D eigenvalue weighted by molar-refractivity contribution is -0.144. The highest BCUT2D eigenvalue weighted by atomic mass is 19.1. The van der Waals surface area contributed by atoms with E-state index in [0.29, 0.717) is 37.3 Å². The number of aliphatic carboxylic acids is 1. The van der Waals surface area contributed by atoms with Crippen molar-refractivity contribution in [3.05, 3.63) is 41.8 Å². The van der Waals surface area contributed by atoms with Crippen LogP contribution in [0.3, 0.4) is 0 Å². The lowest BCUT2D eigenvalue weighted by Gasteiger charge is -2.27. The molecule has 1 aliphatic rings. The maximum absolute atomic E-state index is 13.0. The van der Waals surface area contributed by atoms with Crippen LogP contribution in [0.15, 0.2) is 30.3 Å². The first-order valence-electron chi connectivity index (χ1n) is 8.44. The summed E-state index contributed by atoms with van der Waals surface area (Å²) >= 11 is 0. The SMILES string of the molecule is O=C(NCC(C(=O)O)C1CCOCC1)c1cc(-c2ccc(F)cc2)n[nH]1. The molecule has 0 radical (unpaired) electrons. The van der Waals surface area contributed by atoms with E-state index in [1.807, 2.05) is 0 Å². The second-order valence-electron chi connectivity index (χ2n) is 6.28. The Morgan fingerprint density at radius 2 is 2.00 bits per heavy atom. The standard InChI is InChI=1S/C18H20FN3O4/c19-13-3-1-12(2-4-13)15-9-16(22-21-15)17(23)20-10-14(18(24)25)11-5-7-26-8-6-11/h1-4,9,11,14H,5-8,10H2,(H,20,23)(H,21,22)(H,24,25). The van der Waals surface area contributed by atoms with Gasteiger partial charge in [0.05, 0.1) is 11.6 Å². The van der Waals surface area contributed by atoms with Crippen LogP contribution in [0.2, 0.25) is 0 Å². The first kappa shape index (κ1) is 18.1. The van der Waals surface area contributed by atoms with Crippen molar-refractivity contribution in [1.29, 1.82) is 0 Å². The molecule has 3 rings (SSSR count). The third-order valence-corrected chi connectivity index (χ3v) is 4.60. The predicted octanol–water partition coefficient (Wildman–Crippen LogP) is 2.07. The first-order chi connectivity index (χ1) is 12.5. The van der Waals surface area contributed by atoms with Crippen molar-refractivity contribution < 1.29 is 23.8 Å². The van der Waals surface area contributed by atoms with Crippen LogP contribution in [-0.2, 0) is 9.53 Å². The van der Waals surface area contributed by atoms with Crippen molar-refractivity contribution in [2.24, 2.45) is 11.8 Å². The molecule has 1 aliphatic heterocycles. The molecular formula is C18H20FN3O4. The van der Waals surface area contributed by atoms with Gasteiger partial charge in [-0.05, 0) is 49.1 Å². The zero-order valence-electron chi connectivity index (χ0n) is 14.1. The summed E-state index contributed by atoms with van der Waals surface area (Å²) in [6, 6.07) is 7.31. The van der Waals surface area contributed by atoms with Crippen molar-refractivity contribution in [3.63, 3.8) is 0 Å². The van der Waals surface area contributed by atoms with Gasteiger partial charge in [0.15, 0.2) is 0 Å². The number of halogens is 1. The number of hydrogen-bond acceptors (Lipinski definition) is 4. The molecule has 26 heavy (non-hydrogen) atoms. The molecule has 2 heterocycles. The Bertz CT molecular complexity index is 769. The molecular weight excluding hydrogens is 341 g/mol. The van der Waals surface area contributed by atoms with Gasteiger partial charge in [0.25, 0.3) is 5.91 Å². The van der Waals surface area contributed by atoms with E-state index in [2.05, 4.69) is 15.5 Å². The van der Waals surface area contributed by atoms with E-state index >= 15 is 0 Å². The molecule has 1 fully saturated rings. The Morgan fingerprint density at radius 3 is 2.65 bits per heavy atom. The van der Waals surface area contributed by atoms with Crippen LogP contribution in [0.5, 0.6) is 0 Å². The van der Waals surface area contributed by atoms with Gasteiger partial charge >= 0.3 is 5.97 Å². The van der Waals surface area contributed by atoms with E-state index in [1.165, 1.54) is 12.1 Å². The van der Waals surface area contributed by atoms with Gasteiger partial charge < -0.3 is 15.2 Å². The Kier molecular flexibility index (Phi) is 5.62. The van der Waals surface area contributed by atoms with E-state index in [-0.39, 0.29) is 24.0 Å². The number of rotatable bonds is 6. The van der Waals surface area contributed by atoms with E-state index in [0.717, 1.165) is 0 Å². The number of H-pyrrole nitrogens is 1. The molecule has 138 valence electrons. The molecule has 8 heteroatoms. The number of nitrogens with one attached hydrogen (secondary N) is 2. The normalized spacial score (nSPS) is 16.2. The molecule has 7 nitrogen and oxygen atoms in total. The van der Waals surface area contributed by atoms with Crippen LogP contribution in [0.4, 0.5) is 4.39 Å². The van der Waals surface area contributed by atoms with Crippen molar-refractivity contribution in [1.82, 2.24) is 15.5 Å². The fourth-order valence-electron chi connectivity index (χ4n) is 3.08. The van der Waals surface area contributed by atoms with Crippen molar-refractivity contribution in [2.45, 2.75) is 12.8 Å². The number of ether oxygens (including phenoxy) is 1. The second-order valence-corrected chi connectivity index (χ2v) is 6.28. The lowest BCUT2D eigenvalue weighted by atomic mass is 9.86. The number of carboxylic acid groups (broad SMARTS) is 1. The van der Waals surface area contributed by atoms with Crippen LogP contribution >= 0.6 is 0 Å². The maximum Gasteiger partial charge on any atom is 0.308 e. The van der Waals surface area contributed by atoms with Crippen LogP contribution in [0, 0.1) is 17.7 Å². The molecule has 0 spiro atoms. The van der Waals surface area contributed by atoms with E-state index in [4.69, 9.17) is 4.74 Å². The number of carbonyl (C=O) groups excluding carboxylic acids is 1. The monoisotopic (exact) mass is 361 g/mol. The Labute approximate surface area is 149 Å². The highest BCUT2D eigenvalue weighted by molar-refractivity contribution is 5.93. The third-order valence-electron chi connectivity index (χ3n) is 4.60. The minimum atomic E-state index is -0.922. The summed E-state index contributed by atoms with van der Waals surface area (Å²) in [6.07, 6.45) is 1.34. The molecule has 1 unspecified atom stereocenters. The number of carboxylic acids is 1. The molecule has 0 aliphatic carbocycles. The third kappa shape index (κ3) is 4.26. The second kappa shape index (κ2) is 8.09. The number of hydrogen-bond donors (Lipinski definition) is 3. The molecule has 0 bridgehead atoms. The summed E-state index contributed by atoms with van der Waals surface area (Å²) in [4.78, 5) is 23.8. The maximum atomic E-state index is 13.0. The summed E-state index contributed by atoms with van der Waals surface area (Å²) in [5.41, 5.74) is 1.40. The minimum absolute atomic E-state index is 0.0157. The van der Waals surface area contributed by atoms with Crippen LogP contribution in [0.25, 0.3) is 11.3 Å². The summed E-state index contributed by atoms with van der Waals surface area (Å²) in [5, 5.41) is 18.8. The minimum Gasteiger partial charge on any atom is -0.481 e. The van der Waals surface area contributed by atoms with E-state index in [1.54, 1.807) is 18.2 Å². The largest absolute Gasteiger partial charge is 0.481 e. The highest BCUT2D eigenvalue weighted by Crippen LogP contribution is 2.24. The van der Waals surface area contributed by atoms with Gasteiger partial charge in [-0.3, -0.25) is 14.7 Å². The van der Waals surface area contributed by atoms with Gasteiger partial charge in [-0.15, -0.1) is 0 Å². The topological polar surface area (TPSA) is 104 Å². The number of aromatic amines is 1. The zero-order chi connectivity index (χ0) is 18.5. The van der Waals surface area contributed by atoms with Gasteiger partial charge in [0, 0.05) is 25.3 Å². The number of benzene rings is 1. The fourth-order valence-corrected chi connectivity index (χ4v) is 3.08. The Balaban J connectivity index is 1.62. The van der Waals surface area contributed by atoms with Gasteiger partial charge in [0.2, 0.25) is 0 Å². The Morgan fingerprint density at radius 1 is 1.31 bits per heavy atom. The number of amides is 1. The average molecular weight is 361 g/mol. The molecule has 1 saturated heterocycles. The average Bonchev–Trinajstić information content (AvgIpc) is 3.13. The van der Waals surface area contributed by atoms with E-state index in [9.17, 15) is 19.1 Å². The summed E-state index contributed by atoms with van der Waals surface area (Å²) in [5.74, 6) is -2.37. The van der Waals surface area contributed by atoms with Crippen LogP contribution in [-0.4, -0.2) is 46.9 Å². The fraction of sp³-hybridized carbons (Fsp3) is 0.389. The van der Waals surface area contributed by atoms with Gasteiger partial charge in [-0.1, -0.05) is 0 Å². The van der Waals surface area contributed by atoms with Crippen LogP contribution < -0.4 is 5.32 Å². The van der Waals surface area contributed by atoms with Gasteiger partial charge in [-0.2, -0.15) is 5.10 Å². The smallest absolute Gasteiger partial charge is 0.308 e. The summed E-state index contributed by atoms with van der Waals surface area (Å²) < 4.78 is 18.2. The van der Waals surface area contributed by atoms with Crippen molar-refractivity contribution in [3.8, 4) is 11.3 Å². The number of nitrogens with zero attached hydrogens (tertiary/aromatic N) is 1. The molecule has 0 saturated carbocycles. The molecule has 1 aromatic carbocycles. The van der Waals surface area contributed by atoms with Gasteiger partial charge in [0.1, 0.15) is 11.5 Å². The van der Waals surface area contributed by atoms with Crippen molar-refractivity contribution >= 4 is 11.9 Å². The van der Waals surface area contributed by atoms with Crippen molar-refractivity contribution in [2.75, 3.05) is 19.8 Å². The molecule has 2 aromatic rings. The van der Waals surface area contributed by atoms with Gasteiger partial charge in [-0.25, -0.2) is 4.39 Å². The highest BCUT2D eigenvalue weighted by Gasteiger charge is 2.30. The Hall–Kier alpha value is -2.74.